The number of hydrogen-bond acceptors (Lipinski definition) is 4. The number of nitrogens with one attached hydrogen (secondary N) is 1. The Labute approximate surface area is 137 Å². The van der Waals surface area contributed by atoms with E-state index in [-0.39, 0.29) is 11.9 Å². The van der Waals surface area contributed by atoms with E-state index in [1.54, 1.807) is 6.92 Å². The molecule has 0 aliphatic carbocycles. The molecule has 1 fully saturated rings. The van der Waals surface area contributed by atoms with Crippen LogP contribution in [-0.4, -0.2) is 39.6 Å². The van der Waals surface area contributed by atoms with Gasteiger partial charge in [0.25, 0.3) is 0 Å². The average molecular weight is 317 g/mol. The summed E-state index contributed by atoms with van der Waals surface area (Å²) in [4.78, 5) is 18.1. The Kier molecular flexibility index (Phi) is 5.23. The molecule has 0 radical (unpaired) electrons. The highest BCUT2D eigenvalue weighted by molar-refractivity contribution is 5.74. The number of aryl methyl sites for hydroxylation is 3. The number of carbonyl (C=O) groups is 1. The van der Waals surface area contributed by atoms with Gasteiger partial charge in [-0.2, -0.15) is 5.10 Å². The topological polar surface area (TPSA) is 62.5 Å². The molecule has 1 atom stereocenters. The molecule has 1 aliphatic rings. The van der Waals surface area contributed by atoms with E-state index in [0.717, 1.165) is 47.9 Å². The van der Waals surface area contributed by atoms with Crippen molar-refractivity contribution in [2.45, 2.75) is 54.0 Å². The highest BCUT2D eigenvalue weighted by Gasteiger charge is 2.26. The second-order valence-corrected chi connectivity index (χ2v) is 5.82. The first-order chi connectivity index (χ1) is 11.0. The Balaban J connectivity index is 0.000000924. The van der Waals surface area contributed by atoms with E-state index in [0.29, 0.717) is 0 Å². The third kappa shape index (κ3) is 3.46. The number of carbonyl (C=O) groups excluding carboxylic acids is 1. The molecule has 6 heteroatoms. The van der Waals surface area contributed by atoms with Gasteiger partial charge in [0.1, 0.15) is 0 Å². The molecule has 6 nitrogen and oxygen atoms in total. The molecular weight excluding hydrogens is 290 g/mol. The largest absolute Gasteiger partial charge is 0.366 e. The Morgan fingerprint density at radius 3 is 2.65 bits per heavy atom. The molecule has 126 valence electrons. The van der Waals surface area contributed by atoms with Crippen molar-refractivity contribution in [3.05, 3.63) is 23.1 Å². The van der Waals surface area contributed by atoms with Gasteiger partial charge in [-0.15, -0.1) is 0 Å². The fourth-order valence-corrected chi connectivity index (χ4v) is 2.95. The maximum absolute atomic E-state index is 11.2. The average Bonchev–Trinajstić information content (AvgIpc) is 3.07. The van der Waals surface area contributed by atoms with Gasteiger partial charge in [-0.1, -0.05) is 13.8 Å². The summed E-state index contributed by atoms with van der Waals surface area (Å²) < 4.78 is 1.92. The van der Waals surface area contributed by atoms with E-state index in [1.165, 1.54) is 0 Å². The summed E-state index contributed by atoms with van der Waals surface area (Å²) >= 11 is 0. The number of anilines is 1. The first kappa shape index (κ1) is 17.2. The highest BCUT2D eigenvalue weighted by Crippen LogP contribution is 2.26. The van der Waals surface area contributed by atoms with Crippen LogP contribution in [-0.2, 0) is 4.79 Å². The standard InChI is InChI=1S/C15H21N5O.C2H6/c1-9-7-14(15-16-10(2)11(3)20(15)18-9)19-6-5-13(8-19)17-12(4)21;1-2/h7,13H,5-6,8H2,1-4H3,(H,17,21);1-2H3. The Bertz CT molecular complexity index is 707. The molecule has 1 aliphatic heterocycles. The maximum Gasteiger partial charge on any atom is 0.217 e. The molecule has 23 heavy (non-hydrogen) atoms. The van der Waals surface area contributed by atoms with Crippen molar-refractivity contribution < 1.29 is 4.79 Å². The monoisotopic (exact) mass is 317 g/mol. The van der Waals surface area contributed by atoms with Gasteiger partial charge in [0, 0.05) is 26.1 Å². The second-order valence-electron chi connectivity index (χ2n) is 5.82. The number of aromatic nitrogens is 3. The number of fused-ring (bicyclic) bond motifs is 1. The molecule has 0 saturated carbocycles. The molecule has 1 N–H and O–H groups in total. The summed E-state index contributed by atoms with van der Waals surface area (Å²) in [7, 11) is 0. The lowest BCUT2D eigenvalue weighted by Gasteiger charge is -2.20. The van der Waals surface area contributed by atoms with Gasteiger partial charge < -0.3 is 10.2 Å². The Hall–Kier alpha value is -2.11. The fraction of sp³-hybridized carbons (Fsp3) is 0.588. The molecule has 1 unspecified atom stereocenters. The number of imidazole rings is 1. The zero-order chi connectivity index (χ0) is 17.1. The van der Waals surface area contributed by atoms with Crippen molar-refractivity contribution in [2.24, 2.45) is 0 Å². The summed E-state index contributed by atoms with van der Waals surface area (Å²) in [5, 5.41) is 7.55. The predicted octanol–water partition coefficient (Wildman–Crippen LogP) is 2.40. The lowest BCUT2D eigenvalue weighted by atomic mass is 10.2. The second kappa shape index (κ2) is 6.98. The number of hydrogen-bond donors (Lipinski definition) is 1. The van der Waals surface area contributed by atoms with Gasteiger partial charge in [0.15, 0.2) is 5.65 Å². The van der Waals surface area contributed by atoms with Crippen LogP contribution in [0.4, 0.5) is 5.69 Å². The summed E-state index contributed by atoms with van der Waals surface area (Å²) in [6.07, 6.45) is 0.964. The van der Waals surface area contributed by atoms with Gasteiger partial charge in [0.05, 0.1) is 22.8 Å². The summed E-state index contributed by atoms with van der Waals surface area (Å²) in [5.41, 5.74) is 5.06. The number of amides is 1. The van der Waals surface area contributed by atoms with Crippen molar-refractivity contribution in [1.82, 2.24) is 19.9 Å². The van der Waals surface area contributed by atoms with Crippen molar-refractivity contribution in [3.8, 4) is 0 Å². The van der Waals surface area contributed by atoms with Crippen molar-refractivity contribution in [2.75, 3.05) is 18.0 Å². The van der Waals surface area contributed by atoms with Gasteiger partial charge in [0.2, 0.25) is 5.91 Å². The smallest absolute Gasteiger partial charge is 0.217 e. The van der Waals surface area contributed by atoms with Gasteiger partial charge in [-0.3, -0.25) is 4.79 Å². The minimum absolute atomic E-state index is 0.0328. The fourth-order valence-electron chi connectivity index (χ4n) is 2.95. The lowest BCUT2D eigenvalue weighted by molar-refractivity contribution is -0.119. The molecule has 1 saturated heterocycles. The molecule has 1 amide bonds. The normalized spacial score (nSPS) is 17.1. The highest BCUT2D eigenvalue weighted by atomic mass is 16.1. The molecule has 3 rings (SSSR count). The first-order valence-electron chi connectivity index (χ1n) is 8.31. The van der Waals surface area contributed by atoms with Gasteiger partial charge >= 0.3 is 0 Å². The van der Waals surface area contributed by atoms with E-state index in [9.17, 15) is 4.79 Å². The van der Waals surface area contributed by atoms with Gasteiger partial charge in [-0.05, 0) is 33.3 Å². The summed E-state index contributed by atoms with van der Waals surface area (Å²) in [6.45, 7) is 13.4. The van der Waals surface area contributed by atoms with Crippen molar-refractivity contribution in [1.29, 1.82) is 0 Å². The van der Waals surface area contributed by atoms with Crippen LogP contribution >= 0.6 is 0 Å². The van der Waals surface area contributed by atoms with Crippen LogP contribution in [0.15, 0.2) is 6.07 Å². The molecule has 0 aromatic carbocycles. The molecule has 2 aromatic heterocycles. The SMILES string of the molecule is CC.CC(=O)NC1CCN(c2cc(C)nn3c(C)c(C)nc23)C1. The Morgan fingerprint density at radius 2 is 2.00 bits per heavy atom. The predicted molar refractivity (Wildman–Crippen MR) is 93.0 cm³/mol. The first-order valence-corrected chi connectivity index (χ1v) is 8.31. The van der Waals surface area contributed by atoms with Crippen LogP contribution in [0.3, 0.4) is 0 Å². The van der Waals surface area contributed by atoms with E-state index in [2.05, 4.69) is 26.4 Å². The van der Waals surface area contributed by atoms with E-state index < -0.39 is 0 Å². The van der Waals surface area contributed by atoms with Crippen LogP contribution in [0.5, 0.6) is 0 Å². The Morgan fingerprint density at radius 1 is 1.30 bits per heavy atom. The van der Waals surface area contributed by atoms with Crippen LogP contribution in [0.25, 0.3) is 5.65 Å². The zero-order valence-corrected chi connectivity index (χ0v) is 15.0. The van der Waals surface area contributed by atoms with E-state index in [1.807, 2.05) is 39.1 Å². The van der Waals surface area contributed by atoms with Crippen LogP contribution in [0.2, 0.25) is 0 Å². The third-order valence-corrected chi connectivity index (χ3v) is 4.08. The zero-order valence-electron chi connectivity index (χ0n) is 15.0. The lowest BCUT2D eigenvalue weighted by Crippen LogP contribution is -2.35. The maximum atomic E-state index is 11.2. The number of rotatable bonds is 2. The third-order valence-electron chi connectivity index (χ3n) is 4.08. The molecule has 3 heterocycles. The molecule has 0 spiro atoms. The van der Waals surface area contributed by atoms with Gasteiger partial charge in [-0.25, -0.2) is 9.50 Å². The van der Waals surface area contributed by atoms with Crippen LogP contribution < -0.4 is 10.2 Å². The van der Waals surface area contributed by atoms with Crippen LogP contribution in [0.1, 0.15) is 44.3 Å². The number of nitrogens with zero attached hydrogens (tertiary/aromatic N) is 4. The van der Waals surface area contributed by atoms with E-state index >= 15 is 0 Å². The van der Waals surface area contributed by atoms with Crippen molar-refractivity contribution in [3.63, 3.8) is 0 Å². The molecular formula is C17H27N5O. The molecule has 0 bridgehead atoms. The summed E-state index contributed by atoms with van der Waals surface area (Å²) in [6, 6.07) is 2.30. The van der Waals surface area contributed by atoms with E-state index in [4.69, 9.17) is 0 Å². The quantitative estimate of drug-likeness (QED) is 0.924. The summed E-state index contributed by atoms with van der Waals surface area (Å²) in [5.74, 6) is 0.0328. The minimum atomic E-state index is 0.0328. The minimum Gasteiger partial charge on any atom is -0.366 e. The molecule has 2 aromatic rings. The van der Waals surface area contributed by atoms with Crippen LogP contribution in [0, 0.1) is 20.8 Å². The van der Waals surface area contributed by atoms with Crippen molar-refractivity contribution >= 4 is 17.2 Å².